The van der Waals surface area contributed by atoms with Crippen LogP contribution in [0.4, 0.5) is 4.39 Å². The number of nitrogens with one attached hydrogen (secondary N) is 1. The molecule has 2 rings (SSSR count). The lowest BCUT2D eigenvalue weighted by Gasteiger charge is -2.37. The molecule has 1 aliphatic rings. The van der Waals surface area contributed by atoms with Gasteiger partial charge in [0.05, 0.1) is 24.5 Å². The summed E-state index contributed by atoms with van der Waals surface area (Å²) >= 11 is 0. The summed E-state index contributed by atoms with van der Waals surface area (Å²) in [6.45, 7) is 1.86. The average Bonchev–Trinajstić information content (AvgIpc) is 2.39. The van der Waals surface area contributed by atoms with Crippen molar-refractivity contribution < 1.29 is 9.50 Å². The Morgan fingerprint density at radius 1 is 1.45 bits per heavy atom. The molecule has 0 saturated heterocycles. The highest BCUT2D eigenvalue weighted by Gasteiger charge is 2.25. The van der Waals surface area contributed by atoms with Gasteiger partial charge in [-0.3, -0.25) is 9.88 Å². The SMILES string of the molecule is CNC(CCN(CCO)C1CCC1)c1ccc(F)cn1. The molecule has 5 heteroatoms. The summed E-state index contributed by atoms with van der Waals surface area (Å²) in [7, 11) is 1.90. The Morgan fingerprint density at radius 2 is 2.25 bits per heavy atom. The van der Waals surface area contributed by atoms with Crippen molar-refractivity contribution in [2.75, 3.05) is 26.7 Å². The molecule has 0 aliphatic heterocycles. The fraction of sp³-hybridized carbons (Fsp3) is 0.667. The van der Waals surface area contributed by atoms with Gasteiger partial charge in [0.25, 0.3) is 0 Å². The van der Waals surface area contributed by atoms with E-state index in [0.29, 0.717) is 6.04 Å². The molecular formula is C15H24FN3O. The Morgan fingerprint density at radius 3 is 2.75 bits per heavy atom. The van der Waals surface area contributed by atoms with Crippen molar-refractivity contribution in [1.82, 2.24) is 15.2 Å². The van der Waals surface area contributed by atoms with Crippen LogP contribution in [0.5, 0.6) is 0 Å². The minimum absolute atomic E-state index is 0.122. The van der Waals surface area contributed by atoms with Gasteiger partial charge in [0, 0.05) is 19.1 Å². The van der Waals surface area contributed by atoms with Crippen LogP contribution in [0.15, 0.2) is 18.3 Å². The Bertz CT molecular complexity index is 395. The molecule has 1 aliphatic carbocycles. The van der Waals surface area contributed by atoms with E-state index in [0.717, 1.165) is 25.2 Å². The molecule has 1 atom stereocenters. The van der Waals surface area contributed by atoms with E-state index in [1.165, 1.54) is 31.5 Å². The maximum atomic E-state index is 12.9. The van der Waals surface area contributed by atoms with Gasteiger partial charge in [0.2, 0.25) is 0 Å². The van der Waals surface area contributed by atoms with Crippen LogP contribution in [-0.4, -0.2) is 47.8 Å². The van der Waals surface area contributed by atoms with Crippen molar-refractivity contribution >= 4 is 0 Å². The minimum atomic E-state index is -0.306. The van der Waals surface area contributed by atoms with Gasteiger partial charge < -0.3 is 10.4 Å². The summed E-state index contributed by atoms with van der Waals surface area (Å²) < 4.78 is 12.9. The molecule has 0 spiro atoms. The molecule has 1 fully saturated rings. The molecular weight excluding hydrogens is 257 g/mol. The highest BCUT2D eigenvalue weighted by atomic mass is 19.1. The molecule has 0 aromatic carbocycles. The number of pyridine rings is 1. The molecule has 0 amide bonds. The van der Waals surface area contributed by atoms with Crippen LogP contribution in [0.1, 0.15) is 37.4 Å². The Labute approximate surface area is 120 Å². The Kier molecular flexibility index (Phi) is 5.88. The van der Waals surface area contributed by atoms with Crippen molar-refractivity contribution in [3.05, 3.63) is 29.8 Å². The summed E-state index contributed by atoms with van der Waals surface area (Å²) in [5, 5.41) is 12.4. The zero-order chi connectivity index (χ0) is 14.4. The predicted molar refractivity (Wildman–Crippen MR) is 76.9 cm³/mol. The van der Waals surface area contributed by atoms with Crippen LogP contribution in [0.25, 0.3) is 0 Å². The first-order valence-electron chi connectivity index (χ1n) is 7.38. The van der Waals surface area contributed by atoms with E-state index in [4.69, 9.17) is 5.11 Å². The lowest BCUT2D eigenvalue weighted by Crippen LogP contribution is -2.43. The first kappa shape index (κ1) is 15.4. The standard InChI is InChI=1S/C15H24FN3O/c1-17-14(15-6-5-12(16)11-18-15)7-8-19(9-10-20)13-3-2-4-13/h5-6,11,13-14,17,20H,2-4,7-10H2,1H3. The maximum Gasteiger partial charge on any atom is 0.141 e. The smallest absolute Gasteiger partial charge is 0.141 e. The second kappa shape index (κ2) is 7.67. The number of aromatic nitrogens is 1. The van der Waals surface area contributed by atoms with E-state index >= 15 is 0 Å². The number of hydrogen-bond acceptors (Lipinski definition) is 4. The van der Waals surface area contributed by atoms with Crippen molar-refractivity contribution in [3.63, 3.8) is 0 Å². The number of hydrogen-bond donors (Lipinski definition) is 2. The number of nitrogens with zero attached hydrogens (tertiary/aromatic N) is 2. The predicted octanol–water partition coefficient (Wildman–Crippen LogP) is 1.72. The minimum Gasteiger partial charge on any atom is -0.395 e. The normalized spacial score (nSPS) is 17.2. The van der Waals surface area contributed by atoms with Gasteiger partial charge in [-0.1, -0.05) is 6.42 Å². The molecule has 112 valence electrons. The van der Waals surface area contributed by atoms with Crippen LogP contribution in [0.3, 0.4) is 0 Å². The molecule has 2 N–H and O–H groups in total. The maximum absolute atomic E-state index is 12.9. The zero-order valence-corrected chi connectivity index (χ0v) is 12.1. The molecule has 1 unspecified atom stereocenters. The van der Waals surface area contributed by atoms with Gasteiger partial charge >= 0.3 is 0 Å². The van der Waals surface area contributed by atoms with Crippen molar-refractivity contribution in [1.29, 1.82) is 0 Å². The fourth-order valence-electron chi connectivity index (χ4n) is 2.69. The van der Waals surface area contributed by atoms with E-state index in [1.807, 2.05) is 7.05 Å². The molecule has 4 nitrogen and oxygen atoms in total. The second-order valence-corrected chi connectivity index (χ2v) is 5.38. The van der Waals surface area contributed by atoms with Crippen LogP contribution in [-0.2, 0) is 0 Å². The summed E-state index contributed by atoms with van der Waals surface area (Å²) in [4.78, 5) is 6.51. The summed E-state index contributed by atoms with van der Waals surface area (Å²) in [5.41, 5.74) is 0.867. The molecule has 1 saturated carbocycles. The molecule has 0 radical (unpaired) electrons. The third-order valence-electron chi connectivity index (χ3n) is 4.14. The fourth-order valence-corrected chi connectivity index (χ4v) is 2.69. The largest absolute Gasteiger partial charge is 0.395 e. The third kappa shape index (κ3) is 3.98. The molecule has 0 bridgehead atoms. The molecule has 1 aromatic heterocycles. The highest BCUT2D eigenvalue weighted by molar-refractivity contribution is 5.09. The Hall–Kier alpha value is -1.04. The lowest BCUT2D eigenvalue weighted by molar-refractivity contribution is 0.0970. The monoisotopic (exact) mass is 281 g/mol. The first-order valence-corrected chi connectivity index (χ1v) is 7.38. The van der Waals surface area contributed by atoms with Crippen LogP contribution < -0.4 is 5.32 Å². The summed E-state index contributed by atoms with van der Waals surface area (Å²) in [6.07, 6.45) is 5.93. The van der Waals surface area contributed by atoms with Gasteiger partial charge in [-0.05, 0) is 38.4 Å². The quantitative estimate of drug-likeness (QED) is 0.762. The Balaban J connectivity index is 1.89. The first-order chi connectivity index (χ1) is 9.74. The van der Waals surface area contributed by atoms with E-state index in [1.54, 1.807) is 6.07 Å². The van der Waals surface area contributed by atoms with Gasteiger partial charge in [-0.15, -0.1) is 0 Å². The summed E-state index contributed by atoms with van der Waals surface area (Å²) in [5.74, 6) is -0.306. The van der Waals surface area contributed by atoms with Crippen LogP contribution in [0.2, 0.25) is 0 Å². The topological polar surface area (TPSA) is 48.4 Å². The number of aliphatic hydroxyl groups excluding tert-OH is 1. The number of aliphatic hydroxyl groups is 1. The number of halogens is 1. The van der Waals surface area contributed by atoms with Crippen molar-refractivity contribution in [2.24, 2.45) is 0 Å². The van der Waals surface area contributed by atoms with Gasteiger partial charge in [0.1, 0.15) is 5.82 Å². The van der Waals surface area contributed by atoms with E-state index in [-0.39, 0.29) is 18.5 Å². The van der Waals surface area contributed by atoms with Crippen LogP contribution in [0, 0.1) is 5.82 Å². The van der Waals surface area contributed by atoms with Gasteiger partial charge in [-0.25, -0.2) is 4.39 Å². The highest BCUT2D eigenvalue weighted by Crippen LogP contribution is 2.25. The van der Waals surface area contributed by atoms with Crippen molar-refractivity contribution in [2.45, 2.75) is 37.8 Å². The van der Waals surface area contributed by atoms with Crippen molar-refractivity contribution in [3.8, 4) is 0 Å². The number of rotatable bonds is 8. The van der Waals surface area contributed by atoms with Crippen LogP contribution >= 0.6 is 0 Å². The average molecular weight is 281 g/mol. The van der Waals surface area contributed by atoms with E-state index in [2.05, 4.69) is 15.2 Å². The second-order valence-electron chi connectivity index (χ2n) is 5.38. The molecule has 1 aromatic rings. The van der Waals surface area contributed by atoms with E-state index in [9.17, 15) is 4.39 Å². The lowest BCUT2D eigenvalue weighted by atomic mass is 9.91. The molecule has 20 heavy (non-hydrogen) atoms. The third-order valence-corrected chi connectivity index (χ3v) is 4.14. The van der Waals surface area contributed by atoms with E-state index < -0.39 is 0 Å². The summed E-state index contributed by atoms with van der Waals surface area (Å²) in [6, 6.07) is 3.93. The molecule has 1 heterocycles. The van der Waals surface area contributed by atoms with Gasteiger partial charge in [0.15, 0.2) is 0 Å². The zero-order valence-electron chi connectivity index (χ0n) is 12.1. The van der Waals surface area contributed by atoms with Gasteiger partial charge in [-0.2, -0.15) is 0 Å².